The maximum absolute atomic E-state index is 11.6. The summed E-state index contributed by atoms with van der Waals surface area (Å²) in [6, 6.07) is 0. The highest BCUT2D eigenvalue weighted by Crippen LogP contribution is 2.27. The van der Waals surface area contributed by atoms with Crippen LogP contribution in [-0.2, 0) is 4.74 Å². The molecule has 2 rings (SSSR count). The van der Waals surface area contributed by atoms with E-state index >= 15 is 0 Å². The first-order valence-electron chi connectivity index (χ1n) is 5.15. The molecule has 1 N–H and O–H groups in total. The number of nitrogens with one attached hydrogen (secondary N) is 1. The molecule has 0 unspecified atom stereocenters. The standard InChI is InChI=1S/C10H13IN2O3/c1-6-5-13(10(15)12-9(6)14)8-3-2-7(4-11)16-8/h5,7-8H,2-4H2,1H3,(H,12,14,15)/t7-,8+/m0/s1. The summed E-state index contributed by atoms with van der Waals surface area (Å²) in [7, 11) is 0. The zero-order valence-corrected chi connectivity index (χ0v) is 11.1. The average molecular weight is 336 g/mol. The molecule has 6 heteroatoms. The number of aromatic amines is 1. The van der Waals surface area contributed by atoms with Crippen molar-refractivity contribution in [3.63, 3.8) is 0 Å². The number of halogens is 1. The van der Waals surface area contributed by atoms with Crippen LogP contribution in [0.3, 0.4) is 0 Å². The van der Waals surface area contributed by atoms with Gasteiger partial charge in [-0.05, 0) is 19.8 Å². The zero-order valence-electron chi connectivity index (χ0n) is 8.90. The largest absolute Gasteiger partial charge is 0.354 e. The first kappa shape index (κ1) is 11.8. The van der Waals surface area contributed by atoms with Gasteiger partial charge in [0.05, 0.1) is 6.10 Å². The lowest BCUT2D eigenvalue weighted by molar-refractivity contribution is 0.0111. The molecule has 1 aromatic heterocycles. The second-order valence-corrected chi connectivity index (χ2v) is 4.80. The molecule has 1 aliphatic rings. The number of ether oxygens (including phenoxy) is 1. The van der Waals surface area contributed by atoms with Crippen LogP contribution >= 0.6 is 22.6 Å². The summed E-state index contributed by atoms with van der Waals surface area (Å²) in [5.41, 5.74) is -0.194. The molecule has 1 saturated heterocycles. The normalized spacial score (nSPS) is 24.9. The van der Waals surface area contributed by atoms with Crippen molar-refractivity contribution in [3.05, 3.63) is 32.6 Å². The molecule has 0 aliphatic carbocycles. The minimum Gasteiger partial charge on any atom is -0.354 e. The monoisotopic (exact) mass is 336 g/mol. The maximum atomic E-state index is 11.6. The molecule has 0 spiro atoms. The molecule has 2 heterocycles. The van der Waals surface area contributed by atoms with Gasteiger partial charge in [0.25, 0.3) is 5.56 Å². The Morgan fingerprint density at radius 3 is 2.94 bits per heavy atom. The summed E-state index contributed by atoms with van der Waals surface area (Å²) in [6.45, 7) is 1.68. The van der Waals surface area contributed by atoms with Gasteiger partial charge in [0.15, 0.2) is 0 Å². The fourth-order valence-corrected chi connectivity index (χ4v) is 2.45. The SMILES string of the molecule is Cc1cn([C@H]2CC[C@@H](CI)O2)c(=O)[nH]c1=O. The highest BCUT2D eigenvalue weighted by Gasteiger charge is 2.26. The Bertz CT molecular complexity index is 494. The third-order valence-electron chi connectivity index (χ3n) is 2.71. The third kappa shape index (κ3) is 2.22. The molecule has 0 radical (unpaired) electrons. The van der Waals surface area contributed by atoms with Crippen molar-refractivity contribution in [2.24, 2.45) is 0 Å². The summed E-state index contributed by atoms with van der Waals surface area (Å²) in [5.74, 6) is 0. The van der Waals surface area contributed by atoms with Gasteiger partial charge in [-0.25, -0.2) is 4.79 Å². The van der Waals surface area contributed by atoms with Gasteiger partial charge >= 0.3 is 5.69 Å². The van der Waals surface area contributed by atoms with E-state index in [0.29, 0.717) is 5.56 Å². The van der Waals surface area contributed by atoms with Gasteiger partial charge < -0.3 is 4.74 Å². The molecule has 1 aromatic rings. The van der Waals surface area contributed by atoms with E-state index in [-0.39, 0.29) is 17.9 Å². The molecular formula is C10H13IN2O3. The Kier molecular flexibility index (Phi) is 3.48. The van der Waals surface area contributed by atoms with Crippen molar-refractivity contribution in [2.45, 2.75) is 32.1 Å². The minimum absolute atomic E-state index is 0.213. The van der Waals surface area contributed by atoms with E-state index in [9.17, 15) is 9.59 Å². The number of hydrogen-bond acceptors (Lipinski definition) is 3. The van der Waals surface area contributed by atoms with Crippen molar-refractivity contribution in [3.8, 4) is 0 Å². The molecule has 88 valence electrons. The van der Waals surface area contributed by atoms with Crippen LogP contribution in [0.25, 0.3) is 0 Å². The van der Waals surface area contributed by atoms with Gasteiger partial charge in [0.1, 0.15) is 6.23 Å². The van der Waals surface area contributed by atoms with Gasteiger partial charge in [-0.2, -0.15) is 0 Å². The number of nitrogens with zero attached hydrogens (tertiary/aromatic N) is 1. The molecule has 1 fully saturated rings. The molecule has 0 aromatic carbocycles. The fraction of sp³-hybridized carbons (Fsp3) is 0.600. The number of aryl methyl sites for hydroxylation is 1. The van der Waals surface area contributed by atoms with E-state index < -0.39 is 5.69 Å². The topological polar surface area (TPSA) is 64.1 Å². The van der Waals surface area contributed by atoms with E-state index in [1.54, 1.807) is 13.1 Å². The van der Waals surface area contributed by atoms with Gasteiger partial charge in [-0.1, -0.05) is 22.6 Å². The van der Waals surface area contributed by atoms with Crippen molar-refractivity contribution >= 4 is 22.6 Å². The number of rotatable bonds is 2. The molecule has 2 atom stereocenters. The van der Waals surface area contributed by atoms with Crippen LogP contribution < -0.4 is 11.2 Å². The average Bonchev–Trinajstić information content (AvgIpc) is 2.71. The van der Waals surface area contributed by atoms with Crippen LogP contribution in [0, 0.1) is 6.92 Å². The van der Waals surface area contributed by atoms with Gasteiger partial charge in [-0.15, -0.1) is 0 Å². The van der Waals surface area contributed by atoms with Crippen LogP contribution in [-0.4, -0.2) is 20.1 Å². The maximum Gasteiger partial charge on any atom is 0.330 e. The lowest BCUT2D eigenvalue weighted by Gasteiger charge is -2.14. The fourth-order valence-electron chi connectivity index (χ4n) is 1.80. The smallest absolute Gasteiger partial charge is 0.330 e. The van der Waals surface area contributed by atoms with Crippen LogP contribution in [0.5, 0.6) is 0 Å². The van der Waals surface area contributed by atoms with E-state index in [4.69, 9.17) is 4.74 Å². The Morgan fingerprint density at radius 2 is 2.31 bits per heavy atom. The first-order valence-corrected chi connectivity index (χ1v) is 6.68. The summed E-state index contributed by atoms with van der Waals surface area (Å²) in [5, 5.41) is 0. The van der Waals surface area contributed by atoms with Gasteiger partial charge in [0, 0.05) is 16.2 Å². The third-order valence-corrected chi connectivity index (χ3v) is 3.70. The van der Waals surface area contributed by atoms with Crippen molar-refractivity contribution in [2.75, 3.05) is 4.43 Å². The molecule has 0 bridgehead atoms. The number of alkyl halides is 1. The second kappa shape index (κ2) is 4.70. The molecule has 0 saturated carbocycles. The molecule has 5 nitrogen and oxygen atoms in total. The molecule has 0 amide bonds. The summed E-state index contributed by atoms with van der Waals surface area (Å²) in [4.78, 5) is 25.1. The van der Waals surface area contributed by atoms with Gasteiger partial charge in [0.2, 0.25) is 0 Å². The number of hydrogen-bond donors (Lipinski definition) is 1. The Balaban J connectivity index is 2.32. The predicted octanol–water partition coefficient (Wildman–Crippen LogP) is 0.958. The Hall–Kier alpha value is -0.630. The number of aromatic nitrogens is 2. The quantitative estimate of drug-likeness (QED) is 0.646. The van der Waals surface area contributed by atoms with Crippen molar-refractivity contribution < 1.29 is 4.74 Å². The summed E-state index contributed by atoms with van der Waals surface area (Å²) < 4.78 is 8.10. The van der Waals surface area contributed by atoms with Crippen LogP contribution in [0.15, 0.2) is 15.8 Å². The summed E-state index contributed by atoms with van der Waals surface area (Å²) in [6.07, 6.45) is 3.33. The highest BCUT2D eigenvalue weighted by atomic mass is 127. The van der Waals surface area contributed by atoms with E-state index in [2.05, 4.69) is 27.6 Å². The highest BCUT2D eigenvalue weighted by molar-refractivity contribution is 14.1. The van der Waals surface area contributed by atoms with Gasteiger partial charge in [-0.3, -0.25) is 14.3 Å². The predicted molar refractivity (Wildman–Crippen MR) is 68.1 cm³/mol. The lowest BCUT2D eigenvalue weighted by atomic mass is 10.2. The van der Waals surface area contributed by atoms with E-state index in [1.165, 1.54) is 4.57 Å². The van der Waals surface area contributed by atoms with E-state index in [0.717, 1.165) is 17.3 Å². The first-order chi connectivity index (χ1) is 7.61. The van der Waals surface area contributed by atoms with Crippen LogP contribution in [0.2, 0.25) is 0 Å². The van der Waals surface area contributed by atoms with Crippen LogP contribution in [0.1, 0.15) is 24.6 Å². The zero-order chi connectivity index (χ0) is 11.7. The lowest BCUT2D eigenvalue weighted by Crippen LogP contribution is -2.33. The molecular weight excluding hydrogens is 323 g/mol. The summed E-state index contributed by atoms with van der Waals surface area (Å²) >= 11 is 2.27. The Labute approximate surface area is 106 Å². The molecule has 16 heavy (non-hydrogen) atoms. The number of H-pyrrole nitrogens is 1. The van der Waals surface area contributed by atoms with Crippen molar-refractivity contribution in [1.29, 1.82) is 0 Å². The van der Waals surface area contributed by atoms with Crippen molar-refractivity contribution in [1.82, 2.24) is 9.55 Å². The van der Waals surface area contributed by atoms with E-state index in [1.807, 2.05) is 0 Å². The Morgan fingerprint density at radius 1 is 1.56 bits per heavy atom. The second-order valence-electron chi connectivity index (χ2n) is 3.92. The van der Waals surface area contributed by atoms with Crippen LogP contribution in [0.4, 0.5) is 0 Å². The molecule has 1 aliphatic heterocycles. The minimum atomic E-state index is -0.394.